The largest absolute Gasteiger partial charge is 0.497 e. The molecule has 0 saturated carbocycles. The van der Waals surface area contributed by atoms with Crippen LogP contribution in [0.1, 0.15) is 25.0 Å². The molecule has 1 fully saturated rings. The molecule has 142 valence electrons. The molecule has 0 aliphatic carbocycles. The van der Waals surface area contributed by atoms with Crippen molar-refractivity contribution in [2.75, 3.05) is 13.7 Å². The van der Waals surface area contributed by atoms with E-state index < -0.39 is 5.72 Å². The van der Waals surface area contributed by atoms with E-state index in [1.807, 2.05) is 80.6 Å². The Balaban J connectivity index is 1.68. The molecule has 0 radical (unpaired) electrons. The first kappa shape index (κ1) is 19.0. The number of amides is 1. The lowest BCUT2D eigenvalue weighted by atomic mass is 10.1. The molecule has 1 aliphatic rings. The zero-order valence-corrected chi connectivity index (χ0v) is 15.9. The second kappa shape index (κ2) is 8.27. The van der Waals surface area contributed by atoms with Gasteiger partial charge in [0.1, 0.15) is 18.1 Å². The Hall–Kier alpha value is -2.79. The number of hydrogen-bond acceptors (Lipinski definition) is 4. The Kier molecular flexibility index (Phi) is 5.81. The molecule has 2 aromatic rings. The molecule has 3 rings (SSSR count). The van der Waals surface area contributed by atoms with Gasteiger partial charge in [0.2, 0.25) is 0 Å². The fourth-order valence-corrected chi connectivity index (χ4v) is 3.06. The number of carbonyl (C=O) groups excluding carboxylic acids is 1. The van der Waals surface area contributed by atoms with Gasteiger partial charge in [0.05, 0.1) is 19.8 Å². The summed E-state index contributed by atoms with van der Waals surface area (Å²) in [6.07, 6.45) is 3.57. The smallest absolute Gasteiger partial charge is 0.412 e. The molecule has 0 aromatic heterocycles. The average Bonchev–Trinajstić information content (AvgIpc) is 3.00. The topological polar surface area (TPSA) is 48.0 Å². The van der Waals surface area contributed by atoms with E-state index in [1.54, 1.807) is 12.0 Å². The number of nitrogens with zero attached hydrogens (tertiary/aromatic N) is 1. The molecule has 1 aliphatic heterocycles. The highest BCUT2D eigenvalue weighted by atomic mass is 16.6. The minimum absolute atomic E-state index is 0.189. The zero-order valence-electron chi connectivity index (χ0n) is 15.9. The number of ether oxygens (including phenoxy) is 3. The van der Waals surface area contributed by atoms with Gasteiger partial charge in [-0.1, -0.05) is 54.6 Å². The van der Waals surface area contributed by atoms with Crippen LogP contribution in [0.15, 0.2) is 60.7 Å². The van der Waals surface area contributed by atoms with Crippen LogP contribution in [0.2, 0.25) is 0 Å². The fourth-order valence-electron chi connectivity index (χ4n) is 3.06. The average molecular weight is 367 g/mol. The summed E-state index contributed by atoms with van der Waals surface area (Å²) >= 11 is 0. The first-order valence-corrected chi connectivity index (χ1v) is 8.96. The highest BCUT2D eigenvalue weighted by molar-refractivity contribution is 5.70. The minimum Gasteiger partial charge on any atom is -0.497 e. The van der Waals surface area contributed by atoms with Crippen LogP contribution in [0.3, 0.4) is 0 Å². The molecule has 1 atom stereocenters. The van der Waals surface area contributed by atoms with Crippen molar-refractivity contribution in [3.8, 4) is 5.75 Å². The third-order valence-corrected chi connectivity index (χ3v) is 4.55. The first-order chi connectivity index (χ1) is 13.0. The molecule has 2 aromatic carbocycles. The van der Waals surface area contributed by atoms with Gasteiger partial charge in [0.15, 0.2) is 0 Å². The third-order valence-electron chi connectivity index (χ3n) is 4.55. The maximum absolute atomic E-state index is 12.7. The van der Waals surface area contributed by atoms with E-state index in [4.69, 9.17) is 14.2 Å². The van der Waals surface area contributed by atoms with Crippen LogP contribution in [0, 0.1) is 0 Å². The van der Waals surface area contributed by atoms with Crippen molar-refractivity contribution in [1.82, 2.24) is 4.90 Å². The van der Waals surface area contributed by atoms with Crippen molar-refractivity contribution in [3.05, 3.63) is 71.8 Å². The summed E-state index contributed by atoms with van der Waals surface area (Å²) in [5.74, 6) is 0.809. The monoisotopic (exact) mass is 367 g/mol. The maximum Gasteiger partial charge on any atom is 0.412 e. The summed E-state index contributed by atoms with van der Waals surface area (Å²) in [7, 11) is 1.64. The van der Waals surface area contributed by atoms with Gasteiger partial charge in [-0.3, -0.25) is 4.90 Å². The van der Waals surface area contributed by atoms with Gasteiger partial charge < -0.3 is 14.2 Å². The van der Waals surface area contributed by atoms with E-state index in [0.29, 0.717) is 6.61 Å². The van der Waals surface area contributed by atoms with Gasteiger partial charge >= 0.3 is 6.09 Å². The van der Waals surface area contributed by atoms with Crippen molar-refractivity contribution in [1.29, 1.82) is 0 Å². The molecule has 0 N–H and O–H groups in total. The summed E-state index contributed by atoms with van der Waals surface area (Å²) < 4.78 is 16.5. The van der Waals surface area contributed by atoms with Crippen LogP contribution in [0.25, 0.3) is 6.08 Å². The Bertz CT molecular complexity index is 784. The summed E-state index contributed by atoms with van der Waals surface area (Å²) in [4.78, 5) is 14.4. The molecule has 0 spiro atoms. The van der Waals surface area contributed by atoms with Crippen molar-refractivity contribution in [2.24, 2.45) is 0 Å². The van der Waals surface area contributed by atoms with Gasteiger partial charge in [-0.05, 0) is 37.1 Å². The number of methoxy groups -OCH3 is 1. The third kappa shape index (κ3) is 4.68. The van der Waals surface area contributed by atoms with Crippen LogP contribution in [-0.4, -0.2) is 36.5 Å². The van der Waals surface area contributed by atoms with Gasteiger partial charge in [0, 0.05) is 0 Å². The van der Waals surface area contributed by atoms with Crippen LogP contribution in [0.4, 0.5) is 4.79 Å². The lowest BCUT2D eigenvalue weighted by Crippen LogP contribution is -2.47. The molecule has 0 bridgehead atoms. The number of rotatable bonds is 5. The van der Waals surface area contributed by atoms with Crippen LogP contribution < -0.4 is 4.74 Å². The van der Waals surface area contributed by atoms with E-state index >= 15 is 0 Å². The Morgan fingerprint density at radius 3 is 2.56 bits per heavy atom. The molecule has 0 unspecified atom stereocenters. The van der Waals surface area contributed by atoms with Gasteiger partial charge in [-0.2, -0.15) is 0 Å². The minimum atomic E-state index is -0.720. The molecular formula is C22H25NO4. The second-order valence-corrected chi connectivity index (χ2v) is 6.87. The van der Waals surface area contributed by atoms with E-state index in [9.17, 15) is 4.79 Å². The molecule has 1 saturated heterocycles. The molecule has 5 nitrogen and oxygen atoms in total. The fraction of sp³-hybridized carbons (Fsp3) is 0.318. The van der Waals surface area contributed by atoms with Crippen molar-refractivity contribution >= 4 is 12.2 Å². The quantitative estimate of drug-likeness (QED) is 0.782. The number of carbonyl (C=O) groups is 1. The predicted octanol–water partition coefficient (Wildman–Crippen LogP) is 4.48. The van der Waals surface area contributed by atoms with E-state index in [-0.39, 0.29) is 18.7 Å². The predicted molar refractivity (Wildman–Crippen MR) is 104 cm³/mol. The maximum atomic E-state index is 12.7. The summed E-state index contributed by atoms with van der Waals surface area (Å²) in [6, 6.07) is 17.2. The zero-order chi connectivity index (χ0) is 19.3. The highest BCUT2D eigenvalue weighted by Gasteiger charge is 2.43. The normalized spacial score (nSPS) is 18.6. The van der Waals surface area contributed by atoms with Crippen LogP contribution in [0.5, 0.6) is 5.75 Å². The molecular weight excluding hydrogens is 342 g/mol. The molecule has 5 heteroatoms. The van der Waals surface area contributed by atoms with E-state index in [0.717, 1.165) is 16.9 Å². The highest BCUT2D eigenvalue weighted by Crippen LogP contribution is 2.29. The summed E-state index contributed by atoms with van der Waals surface area (Å²) in [5, 5.41) is 0. The van der Waals surface area contributed by atoms with Crippen molar-refractivity contribution < 1.29 is 19.0 Å². The lowest BCUT2D eigenvalue weighted by molar-refractivity contribution is -0.0479. The second-order valence-electron chi connectivity index (χ2n) is 6.87. The van der Waals surface area contributed by atoms with E-state index in [1.165, 1.54) is 0 Å². The van der Waals surface area contributed by atoms with Gasteiger partial charge in [0.25, 0.3) is 0 Å². The van der Waals surface area contributed by atoms with Crippen molar-refractivity contribution in [2.45, 2.75) is 32.2 Å². The standard InChI is InChI=1S/C22H25NO4/c1-22(2)23(21(24)26-15-18-7-5-4-6-8-18)19(16-27-22)12-9-17-10-13-20(25-3)14-11-17/h4-14,19H,15-16H2,1-3H3/b12-9+/t19-/m1/s1. The first-order valence-electron chi connectivity index (χ1n) is 8.96. The molecule has 27 heavy (non-hydrogen) atoms. The lowest BCUT2D eigenvalue weighted by Gasteiger charge is -2.31. The van der Waals surface area contributed by atoms with Crippen LogP contribution >= 0.6 is 0 Å². The molecule has 1 amide bonds. The number of benzene rings is 2. The van der Waals surface area contributed by atoms with Crippen molar-refractivity contribution in [3.63, 3.8) is 0 Å². The van der Waals surface area contributed by atoms with Crippen LogP contribution in [-0.2, 0) is 16.1 Å². The van der Waals surface area contributed by atoms with Gasteiger partial charge in [-0.25, -0.2) is 4.79 Å². The summed E-state index contributed by atoms with van der Waals surface area (Å²) in [5.41, 5.74) is 1.26. The Morgan fingerprint density at radius 1 is 1.19 bits per heavy atom. The van der Waals surface area contributed by atoms with E-state index in [2.05, 4.69) is 0 Å². The SMILES string of the molecule is COc1ccc(/C=C/[C@@H]2COC(C)(C)N2C(=O)OCc2ccccc2)cc1. The summed E-state index contributed by atoms with van der Waals surface area (Å²) in [6.45, 7) is 4.41. The molecule has 1 heterocycles. The van der Waals surface area contributed by atoms with Gasteiger partial charge in [-0.15, -0.1) is 0 Å². The number of hydrogen-bond donors (Lipinski definition) is 0. The Morgan fingerprint density at radius 2 is 1.89 bits per heavy atom. The Labute approximate surface area is 160 Å².